The number of allylic oxidation sites excluding steroid dienone is 1. The van der Waals surface area contributed by atoms with Crippen molar-refractivity contribution in [3.05, 3.63) is 36.5 Å². The molecule has 0 aliphatic carbocycles. The third-order valence-corrected chi connectivity index (χ3v) is 23.2. The molecule has 0 N–H and O–H groups in total. The van der Waals surface area contributed by atoms with Crippen molar-refractivity contribution in [2.24, 2.45) is 0 Å². The second-order valence-corrected chi connectivity index (χ2v) is 31.0. The van der Waals surface area contributed by atoms with Gasteiger partial charge in [0.2, 0.25) is 0 Å². The number of hydrogen-bond acceptors (Lipinski definition) is 3. The smallest absolute Gasteiger partial charge is 0.192 e. The van der Waals surface area contributed by atoms with E-state index in [1.165, 1.54) is 11.1 Å². The molecule has 0 aromatic heterocycles. The Bertz CT molecular complexity index is 821. The third kappa shape index (κ3) is 13.8. The zero-order valence-electron chi connectivity index (χ0n) is 29.9. The Kier molecular flexibility index (Phi) is 15.4. The van der Waals surface area contributed by atoms with E-state index in [0.717, 1.165) is 45.1 Å². The molecule has 0 saturated carbocycles. The van der Waals surface area contributed by atoms with E-state index < -0.39 is 25.0 Å². The summed E-state index contributed by atoms with van der Waals surface area (Å²) in [4.78, 5) is 0. The fraction of sp³-hybridized carbons (Fsp3) is 0.824. The van der Waals surface area contributed by atoms with Gasteiger partial charge in [-0.2, -0.15) is 0 Å². The Balaban J connectivity index is 5.77. The first-order valence-corrected chi connectivity index (χ1v) is 24.4. The van der Waals surface area contributed by atoms with E-state index in [0.29, 0.717) is 0 Å². The molecule has 0 aromatic rings. The monoisotopic (exact) mass is 610 g/mol. The van der Waals surface area contributed by atoms with Crippen molar-refractivity contribution in [3.63, 3.8) is 0 Å². The average Bonchev–Trinajstić information content (AvgIpc) is 2.70. The Morgan fingerprint density at radius 3 is 1.65 bits per heavy atom. The van der Waals surface area contributed by atoms with Gasteiger partial charge in [-0.1, -0.05) is 92.2 Å². The van der Waals surface area contributed by atoms with Crippen LogP contribution < -0.4 is 0 Å². The predicted molar refractivity (Wildman–Crippen MR) is 188 cm³/mol. The van der Waals surface area contributed by atoms with Gasteiger partial charge >= 0.3 is 0 Å². The first-order valence-electron chi connectivity index (χ1n) is 15.7. The second-order valence-electron chi connectivity index (χ2n) is 16.7. The third-order valence-electron chi connectivity index (χ3n) is 9.64. The molecule has 0 rings (SSSR count). The molecule has 6 heteroatoms. The fourth-order valence-corrected chi connectivity index (χ4v) is 7.56. The van der Waals surface area contributed by atoms with Gasteiger partial charge in [0.15, 0.2) is 25.0 Å². The topological polar surface area (TPSA) is 27.7 Å². The molecule has 0 fully saturated rings. The van der Waals surface area contributed by atoms with Crippen LogP contribution in [0.4, 0.5) is 0 Å². The molecule has 236 valence electrons. The van der Waals surface area contributed by atoms with Gasteiger partial charge in [-0.15, -0.1) is 6.58 Å². The molecule has 0 radical (unpaired) electrons. The first-order chi connectivity index (χ1) is 17.8. The van der Waals surface area contributed by atoms with Crippen LogP contribution in [0.3, 0.4) is 0 Å². The minimum Gasteiger partial charge on any atom is -0.417 e. The zero-order valence-corrected chi connectivity index (χ0v) is 32.9. The summed E-state index contributed by atoms with van der Waals surface area (Å²) in [6, 6.07) is 0. The lowest BCUT2D eigenvalue weighted by Crippen LogP contribution is -2.44. The van der Waals surface area contributed by atoms with Crippen molar-refractivity contribution < 1.29 is 13.3 Å². The van der Waals surface area contributed by atoms with Crippen molar-refractivity contribution in [1.82, 2.24) is 0 Å². The lowest BCUT2D eigenvalue weighted by atomic mass is 9.99. The molecule has 0 heterocycles. The Labute approximate surface area is 255 Å². The molecule has 0 aliphatic rings. The summed E-state index contributed by atoms with van der Waals surface area (Å²) in [6.45, 7) is 46.3. The molecule has 0 aliphatic heterocycles. The zero-order chi connectivity index (χ0) is 31.8. The van der Waals surface area contributed by atoms with Crippen molar-refractivity contribution in [3.8, 4) is 0 Å². The first kappa shape index (κ1) is 39.8. The van der Waals surface area contributed by atoms with E-state index in [-0.39, 0.29) is 27.3 Å². The van der Waals surface area contributed by atoms with Crippen molar-refractivity contribution in [2.75, 3.05) is 6.61 Å². The van der Waals surface area contributed by atoms with E-state index in [9.17, 15) is 0 Å². The maximum atomic E-state index is 7.00. The van der Waals surface area contributed by atoms with Gasteiger partial charge in [0, 0.05) is 6.61 Å². The molecule has 2 atom stereocenters. The van der Waals surface area contributed by atoms with E-state index in [1.807, 2.05) is 6.08 Å². The molecule has 0 saturated heterocycles. The number of rotatable bonds is 17. The van der Waals surface area contributed by atoms with Crippen LogP contribution in [0.1, 0.15) is 108 Å². The van der Waals surface area contributed by atoms with Gasteiger partial charge in [0.1, 0.15) is 0 Å². The molecule has 40 heavy (non-hydrogen) atoms. The van der Waals surface area contributed by atoms with Crippen LogP contribution >= 0.6 is 0 Å². The number of hydrogen-bond donors (Lipinski definition) is 0. The normalized spacial score (nSPS) is 16.1. The molecule has 0 bridgehead atoms. The Morgan fingerprint density at radius 1 is 0.725 bits per heavy atom. The van der Waals surface area contributed by atoms with E-state index >= 15 is 0 Å². The van der Waals surface area contributed by atoms with Crippen molar-refractivity contribution in [1.29, 1.82) is 0 Å². The summed E-state index contributed by atoms with van der Waals surface area (Å²) in [5, 5.41) is 0.596. The largest absolute Gasteiger partial charge is 0.417 e. The van der Waals surface area contributed by atoms with Gasteiger partial charge in [-0.25, -0.2) is 0 Å². The standard InChI is InChI=1S/C34H70O3Si3/c1-19-22-28(2)25-31(37-40(17,18)34(10,11)12)27-29(3)26-30(36-39(15,16)33(7,8)9)23-20-21-24-35-38(13,14)32(4,5)6/h19,26,30-31H,1-2,20-25,27H2,3-18H3/b29-26+/t30-,31-/m1/s1. The highest BCUT2D eigenvalue weighted by Crippen LogP contribution is 2.40. The van der Waals surface area contributed by atoms with Gasteiger partial charge in [0.25, 0.3) is 0 Å². The van der Waals surface area contributed by atoms with Crippen LogP contribution in [0.5, 0.6) is 0 Å². The lowest BCUT2D eigenvalue weighted by molar-refractivity contribution is 0.177. The summed E-state index contributed by atoms with van der Waals surface area (Å²) in [7, 11) is -5.54. The predicted octanol–water partition coefficient (Wildman–Crippen LogP) is 11.8. The summed E-state index contributed by atoms with van der Waals surface area (Å²) in [5.74, 6) is 0. The van der Waals surface area contributed by atoms with Crippen LogP contribution in [-0.4, -0.2) is 43.8 Å². The average molecular weight is 611 g/mol. The Morgan fingerprint density at radius 2 is 1.20 bits per heavy atom. The van der Waals surface area contributed by atoms with Crippen LogP contribution in [0.25, 0.3) is 0 Å². The maximum absolute atomic E-state index is 7.00. The Hall–Kier alpha value is -0.249. The quantitative estimate of drug-likeness (QED) is 0.0931. The molecule has 0 aromatic carbocycles. The lowest BCUT2D eigenvalue weighted by Gasteiger charge is -2.40. The van der Waals surface area contributed by atoms with Gasteiger partial charge in [-0.3, -0.25) is 0 Å². The van der Waals surface area contributed by atoms with Gasteiger partial charge in [-0.05, 0) is 99.8 Å². The summed E-state index contributed by atoms with van der Waals surface area (Å²) < 4.78 is 20.4. The van der Waals surface area contributed by atoms with E-state index in [1.54, 1.807) is 0 Å². The summed E-state index contributed by atoms with van der Waals surface area (Å²) in [6.07, 6.45) is 10.5. The van der Waals surface area contributed by atoms with Gasteiger partial charge < -0.3 is 13.3 Å². The molecular weight excluding hydrogens is 541 g/mol. The highest BCUT2D eigenvalue weighted by molar-refractivity contribution is 6.74. The van der Waals surface area contributed by atoms with Crippen LogP contribution in [0.15, 0.2) is 36.5 Å². The minimum absolute atomic E-state index is 0.124. The van der Waals surface area contributed by atoms with Crippen LogP contribution in [0, 0.1) is 0 Å². The van der Waals surface area contributed by atoms with E-state index in [4.69, 9.17) is 13.3 Å². The SMILES string of the molecule is C=CCC(=C)C[C@H](C/C(C)=C/[C@@H](CCCCO[Si](C)(C)C(C)(C)C)O[Si](C)(C)C(C)(C)C)O[Si](C)(C)C(C)(C)C. The van der Waals surface area contributed by atoms with Crippen LogP contribution in [-0.2, 0) is 13.3 Å². The minimum atomic E-state index is -1.92. The second kappa shape index (κ2) is 15.5. The number of unbranched alkanes of at least 4 members (excludes halogenated alkanes) is 1. The van der Waals surface area contributed by atoms with Crippen molar-refractivity contribution >= 4 is 25.0 Å². The molecule has 0 spiro atoms. The van der Waals surface area contributed by atoms with Crippen molar-refractivity contribution in [2.45, 2.75) is 174 Å². The fourth-order valence-electron chi connectivity index (χ4n) is 3.83. The maximum Gasteiger partial charge on any atom is 0.192 e. The highest BCUT2D eigenvalue weighted by Gasteiger charge is 2.40. The van der Waals surface area contributed by atoms with E-state index in [2.05, 4.69) is 128 Å². The highest BCUT2D eigenvalue weighted by atomic mass is 28.4. The summed E-state index contributed by atoms with van der Waals surface area (Å²) in [5.41, 5.74) is 2.55. The molecular formula is C34H70O3Si3. The van der Waals surface area contributed by atoms with Crippen LogP contribution in [0.2, 0.25) is 54.4 Å². The summed E-state index contributed by atoms with van der Waals surface area (Å²) >= 11 is 0. The molecule has 0 amide bonds. The molecule has 0 unspecified atom stereocenters. The molecule has 3 nitrogen and oxygen atoms in total. The van der Waals surface area contributed by atoms with Gasteiger partial charge in [0.05, 0.1) is 12.2 Å².